The van der Waals surface area contributed by atoms with E-state index in [9.17, 15) is 15.0 Å². The number of carboxylic acid groups (broad SMARTS) is 1. The smallest absolute Gasteiger partial charge is 0.326 e. The maximum atomic E-state index is 11.5. The maximum Gasteiger partial charge on any atom is 0.326 e. The molecule has 2 aromatic heterocycles. The molecule has 2 atom stereocenters. The van der Waals surface area contributed by atoms with Crippen molar-refractivity contribution < 1.29 is 24.3 Å². The molecule has 0 amide bonds. The number of hydrogen-bond acceptors (Lipinski definition) is 8. The Morgan fingerprint density at radius 3 is 2.67 bits per heavy atom. The zero-order chi connectivity index (χ0) is 25.2. The van der Waals surface area contributed by atoms with Crippen LogP contribution in [0.3, 0.4) is 0 Å². The molecule has 3 heterocycles. The molecule has 0 saturated carbocycles. The van der Waals surface area contributed by atoms with Gasteiger partial charge in [-0.3, -0.25) is 0 Å². The van der Waals surface area contributed by atoms with E-state index < -0.39 is 18.1 Å². The molecule has 0 radical (unpaired) electrons. The summed E-state index contributed by atoms with van der Waals surface area (Å²) in [6.45, 7) is 2.74. The Hall–Kier alpha value is -4.08. The van der Waals surface area contributed by atoms with Gasteiger partial charge in [-0.2, -0.15) is 4.98 Å². The molecule has 0 unspecified atom stereocenters. The number of hydrogen-bond donors (Lipinski definition) is 2. The number of aryl methyl sites for hydroxylation is 1. The van der Waals surface area contributed by atoms with Gasteiger partial charge in [-0.25, -0.2) is 9.78 Å². The highest BCUT2D eigenvalue weighted by atomic mass is 16.5. The van der Waals surface area contributed by atoms with Gasteiger partial charge in [0.1, 0.15) is 11.9 Å². The Morgan fingerprint density at radius 1 is 1.14 bits per heavy atom. The van der Waals surface area contributed by atoms with E-state index in [-0.39, 0.29) is 13.0 Å². The molecule has 0 aliphatic carbocycles. The minimum atomic E-state index is -0.985. The number of aromatic nitrogens is 3. The number of pyridine rings is 1. The lowest BCUT2D eigenvalue weighted by molar-refractivity contribution is -0.138. The van der Waals surface area contributed by atoms with Gasteiger partial charge in [-0.05, 0) is 53.4 Å². The zero-order valence-corrected chi connectivity index (χ0v) is 20.0. The van der Waals surface area contributed by atoms with Gasteiger partial charge in [0, 0.05) is 37.4 Å². The second kappa shape index (κ2) is 9.88. The van der Waals surface area contributed by atoms with Crippen LogP contribution in [0, 0.1) is 6.92 Å². The number of anilines is 1. The largest absolute Gasteiger partial charge is 0.480 e. The summed E-state index contributed by atoms with van der Waals surface area (Å²) in [6, 6.07) is 16.8. The number of methoxy groups -OCH3 is 1. The first-order valence-electron chi connectivity index (χ1n) is 11.6. The fourth-order valence-electron chi connectivity index (χ4n) is 4.59. The van der Waals surface area contributed by atoms with Gasteiger partial charge in [0.2, 0.25) is 5.82 Å². The van der Waals surface area contributed by atoms with Crippen molar-refractivity contribution >= 4 is 11.8 Å². The number of ether oxygens (including phenoxy) is 1. The fourth-order valence-corrected chi connectivity index (χ4v) is 4.59. The molecule has 9 nitrogen and oxygen atoms in total. The average Bonchev–Trinajstić information content (AvgIpc) is 3.52. The Labute approximate surface area is 208 Å². The predicted molar refractivity (Wildman–Crippen MR) is 133 cm³/mol. The number of aliphatic hydroxyl groups is 1. The van der Waals surface area contributed by atoms with E-state index in [1.165, 1.54) is 5.56 Å². The van der Waals surface area contributed by atoms with Crippen LogP contribution in [0.15, 0.2) is 65.3 Å². The number of aliphatic carboxylic acids is 1. The highest BCUT2D eigenvalue weighted by Crippen LogP contribution is 2.32. The molecule has 1 aliphatic heterocycles. The Morgan fingerprint density at radius 2 is 1.94 bits per heavy atom. The summed E-state index contributed by atoms with van der Waals surface area (Å²) in [5.41, 5.74) is 5.83. The number of rotatable bonds is 7. The third-order valence-electron chi connectivity index (χ3n) is 6.38. The van der Waals surface area contributed by atoms with Crippen LogP contribution < -0.4 is 4.90 Å². The number of β-amino-alcohol motifs (C(OH)–C–C–N with tert-alkyl or cyclic N) is 1. The van der Waals surface area contributed by atoms with Gasteiger partial charge < -0.3 is 24.4 Å². The number of nitrogens with zero attached hydrogens (tertiary/aromatic N) is 4. The molecular formula is C27H26N4O5. The van der Waals surface area contributed by atoms with Crippen molar-refractivity contribution in [1.29, 1.82) is 0 Å². The molecule has 2 N–H and O–H groups in total. The summed E-state index contributed by atoms with van der Waals surface area (Å²) in [6.07, 6.45) is 1.04. The molecule has 1 fully saturated rings. The normalized spacial score (nSPS) is 17.5. The second-order valence-corrected chi connectivity index (χ2v) is 8.84. The first-order valence-corrected chi connectivity index (χ1v) is 11.6. The van der Waals surface area contributed by atoms with Crippen molar-refractivity contribution in [1.82, 2.24) is 15.1 Å². The number of aliphatic hydroxyl groups excluding tert-OH is 1. The van der Waals surface area contributed by atoms with Gasteiger partial charge >= 0.3 is 5.97 Å². The SMILES string of the molecule is COCc1cc(-c2nc(-c3ccc(N4C[C@H](O)C[C@H]4C(=O)O)nc3)no2)ccc1-c1ccccc1C. The van der Waals surface area contributed by atoms with E-state index in [0.717, 1.165) is 22.3 Å². The van der Waals surface area contributed by atoms with Crippen LogP contribution in [-0.2, 0) is 16.1 Å². The predicted octanol–water partition coefficient (Wildman–Crippen LogP) is 3.94. The van der Waals surface area contributed by atoms with Gasteiger partial charge in [-0.1, -0.05) is 35.5 Å². The van der Waals surface area contributed by atoms with Crippen LogP contribution in [0.1, 0.15) is 17.5 Å². The van der Waals surface area contributed by atoms with Crippen LogP contribution in [0.5, 0.6) is 0 Å². The van der Waals surface area contributed by atoms with Crippen molar-refractivity contribution in [2.24, 2.45) is 0 Å². The molecule has 2 aromatic carbocycles. The second-order valence-electron chi connectivity index (χ2n) is 8.84. The van der Waals surface area contributed by atoms with Crippen molar-refractivity contribution in [3.63, 3.8) is 0 Å². The third-order valence-corrected chi connectivity index (χ3v) is 6.38. The maximum absolute atomic E-state index is 11.5. The number of benzene rings is 2. The van der Waals surface area contributed by atoms with Crippen molar-refractivity contribution in [2.75, 3.05) is 18.6 Å². The van der Waals surface area contributed by atoms with Crippen LogP contribution in [0.4, 0.5) is 5.82 Å². The lowest BCUT2D eigenvalue weighted by Crippen LogP contribution is -2.36. The Balaban J connectivity index is 1.40. The molecule has 36 heavy (non-hydrogen) atoms. The third kappa shape index (κ3) is 4.58. The topological polar surface area (TPSA) is 122 Å². The highest BCUT2D eigenvalue weighted by Gasteiger charge is 2.36. The minimum Gasteiger partial charge on any atom is -0.480 e. The molecule has 9 heteroatoms. The highest BCUT2D eigenvalue weighted by molar-refractivity contribution is 5.79. The minimum absolute atomic E-state index is 0.167. The zero-order valence-electron chi connectivity index (χ0n) is 20.0. The quantitative estimate of drug-likeness (QED) is 0.400. The monoisotopic (exact) mass is 486 g/mol. The van der Waals surface area contributed by atoms with Crippen LogP contribution in [0.2, 0.25) is 0 Å². The van der Waals surface area contributed by atoms with Crippen LogP contribution in [-0.4, -0.2) is 57.1 Å². The first kappa shape index (κ1) is 23.7. The lowest BCUT2D eigenvalue weighted by Gasteiger charge is -2.22. The van der Waals surface area contributed by atoms with Crippen molar-refractivity contribution in [3.8, 4) is 34.0 Å². The van der Waals surface area contributed by atoms with Crippen LogP contribution >= 0.6 is 0 Å². The van der Waals surface area contributed by atoms with Gasteiger partial charge in [-0.15, -0.1) is 0 Å². The lowest BCUT2D eigenvalue weighted by atomic mass is 9.94. The van der Waals surface area contributed by atoms with Gasteiger partial charge in [0.05, 0.1) is 12.7 Å². The van der Waals surface area contributed by atoms with E-state index in [4.69, 9.17) is 9.26 Å². The summed E-state index contributed by atoms with van der Waals surface area (Å²) in [7, 11) is 1.66. The molecule has 4 aromatic rings. The fraction of sp³-hybridized carbons (Fsp3) is 0.259. The number of carbonyl (C=O) groups is 1. The average molecular weight is 487 g/mol. The van der Waals surface area contributed by atoms with E-state index >= 15 is 0 Å². The molecule has 184 valence electrons. The number of carboxylic acids is 1. The van der Waals surface area contributed by atoms with Crippen molar-refractivity contribution in [2.45, 2.75) is 32.1 Å². The summed E-state index contributed by atoms with van der Waals surface area (Å²) in [5, 5.41) is 23.4. The van der Waals surface area contributed by atoms with Gasteiger partial charge in [0.15, 0.2) is 0 Å². The summed E-state index contributed by atoms with van der Waals surface area (Å²) in [5.74, 6) is 0.233. The van der Waals surface area contributed by atoms with Crippen molar-refractivity contribution in [3.05, 3.63) is 71.9 Å². The molecule has 0 spiro atoms. The van der Waals surface area contributed by atoms with E-state index in [1.807, 2.05) is 30.3 Å². The summed E-state index contributed by atoms with van der Waals surface area (Å²) >= 11 is 0. The molecule has 1 saturated heterocycles. The molecule has 5 rings (SSSR count). The summed E-state index contributed by atoms with van der Waals surface area (Å²) < 4.78 is 11.0. The molecular weight excluding hydrogens is 460 g/mol. The Bertz CT molecular complexity index is 1390. The molecule has 0 bridgehead atoms. The first-order chi connectivity index (χ1) is 17.4. The molecule has 1 aliphatic rings. The van der Waals surface area contributed by atoms with E-state index in [1.54, 1.807) is 30.3 Å². The van der Waals surface area contributed by atoms with Crippen LogP contribution in [0.25, 0.3) is 34.0 Å². The van der Waals surface area contributed by atoms with Gasteiger partial charge in [0.25, 0.3) is 5.89 Å². The van der Waals surface area contributed by atoms with E-state index in [0.29, 0.717) is 29.7 Å². The standard InChI is InChI=1S/C27H26N4O5/c1-16-5-3-4-6-21(16)22-9-7-17(11-19(22)15-35-2)26-29-25(30-36-26)18-8-10-24(28-13-18)31-14-20(32)12-23(31)27(33)34/h3-11,13,20,23,32H,12,14-15H2,1-2H3,(H,33,34)/t20-,23+/m1/s1. The summed E-state index contributed by atoms with van der Waals surface area (Å²) in [4.78, 5) is 22.0. The Kier molecular flexibility index (Phi) is 6.49. The van der Waals surface area contributed by atoms with E-state index in [2.05, 4.69) is 34.2 Å².